The lowest BCUT2D eigenvalue weighted by Crippen LogP contribution is -2.44. The number of aromatic nitrogens is 1. The van der Waals surface area contributed by atoms with Crippen LogP contribution < -0.4 is 9.64 Å². The number of likely N-dealkylation sites (tertiary alicyclic amines) is 1. The molecule has 2 aliphatic rings. The molecule has 1 aromatic carbocycles. The number of pyridine rings is 1. The van der Waals surface area contributed by atoms with Crippen molar-refractivity contribution in [2.75, 3.05) is 38.2 Å². The van der Waals surface area contributed by atoms with Gasteiger partial charge in [0.2, 0.25) is 0 Å². The van der Waals surface area contributed by atoms with Crippen LogP contribution in [0.1, 0.15) is 30.4 Å². The number of methoxy groups -OCH3 is 1. The molecule has 0 radical (unpaired) electrons. The fourth-order valence-electron chi connectivity index (χ4n) is 4.67. The van der Waals surface area contributed by atoms with Crippen LogP contribution in [-0.2, 0) is 13.2 Å². The maximum atomic E-state index is 9.40. The summed E-state index contributed by atoms with van der Waals surface area (Å²) in [5.41, 5.74) is 2.61. The summed E-state index contributed by atoms with van der Waals surface area (Å²) in [7, 11) is 1.72. The molecule has 0 saturated carbocycles. The van der Waals surface area contributed by atoms with Crippen molar-refractivity contribution in [1.82, 2.24) is 9.88 Å². The first kappa shape index (κ1) is 18.3. The molecule has 1 N–H and O–H groups in total. The van der Waals surface area contributed by atoms with Crippen LogP contribution >= 0.6 is 0 Å². The molecule has 1 atom stereocenters. The molecule has 0 bridgehead atoms. The Morgan fingerprint density at radius 1 is 1.11 bits per heavy atom. The summed E-state index contributed by atoms with van der Waals surface area (Å²) in [5.74, 6) is 1.93. The van der Waals surface area contributed by atoms with E-state index in [0.717, 1.165) is 49.9 Å². The van der Waals surface area contributed by atoms with Gasteiger partial charge in [-0.25, -0.2) is 4.98 Å². The predicted molar refractivity (Wildman–Crippen MR) is 107 cm³/mol. The summed E-state index contributed by atoms with van der Waals surface area (Å²) >= 11 is 0. The lowest BCUT2D eigenvalue weighted by Gasteiger charge is -2.40. The highest BCUT2D eigenvalue weighted by Gasteiger charge is 2.41. The third-order valence-electron chi connectivity index (χ3n) is 6.04. The maximum Gasteiger partial charge on any atom is 0.128 e. The molecule has 2 aromatic rings. The van der Waals surface area contributed by atoms with Gasteiger partial charge in [-0.05, 0) is 61.2 Å². The van der Waals surface area contributed by atoms with Crippen molar-refractivity contribution in [2.24, 2.45) is 5.41 Å². The standard InChI is InChI=1S/C22H29N3O2/c1-27-20-5-2-4-18(12-20)14-24-10-3-7-22(16-24)8-11-25(17-22)21-13-19(15-26)6-9-23-21/h2,4-6,9,12-13,26H,3,7-8,10-11,14-17H2,1H3/t22-/m0/s1. The van der Waals surface area contributed by atoms with Crippen molar-refractivity contribution in [1.29, 1.82) is 0 Å². The number of anilines is 1. The van der Waals surface area contributed by atoms with Gasteiger partial charge in [0.25, 0.3) is 0 Å². The summed E-state index contributed by atoms with van der Waals surface area (Å²) in [6.45, 7) is 5.47. The molecule has 4 rings (SSSR count). The van der Waals surface area contributed by atoms with E-state index in [2.05, 4.69) is 33.0 Å². The Bertz CT molecular complexity index is 782. The fraction of sp³-hybridized carbons (Fsp3) is 0.500. The molecule has 27 heavy (non-hydrogen) atoms. The first-order valence-electron chi connectivity index (χ1n) is 9.86. The maximum absolute atomic E-state index is 9.40. The highest BCUT2D eigenvalue weighted by molar-refractivity contribution is 5.42. The molecule has 0 aliphatic carbocycles. The molecule has 144 valence electrons. The Morgan fingerprint density at radius 3 is 2.89 bits per heavy atom. The molecule has 0 amide bonds. The van der Waals surface area contributed by atoms with Gasteiger partial charge in [0, 0.05) is 37.8 Å². The van der Waals surface area contributed by atoms with Crippen LogP contribution in [0.3, 0.4) is 0 Å². The second kappa shape index (κ2) is 7.87. The van der Waals surface area contributed by atoms with E-state index >= 15 is 0 Å². The Kier molecular flexibility index (Phi) is 5.32. The minimum Gasteiger partial charge on any atom is -0.497 e. The van der Waals surface area contributed by atoms with Crippen LogP contribution in [0.4, 0.5) is 5.82 Å². The topological polar surface area (TPSA) is 48.8 Å². The number of piperidine rings is 1. The Morgan fingerprint density at radius 2 is 2.04 bits per heavy atom. The van der Waals surface area contributed by atoms with Gasteiger partial charge >= 0.3 is 0 Å². The number of nitrogens with zero attached hydrogens (tertiary/aromatic N) is 3. The van der Waals surface area contributed by atoms with Crippen LogP contribution in [0.15, 0.2) is 42.6 Å². The zero-order chi connectivity index (χ0) is 18.7. The summed E-state index contributed by atoms with van der Waals surface area (Å²) in [4.78, 5) is 9.53. The molecule has 5 heteroatoms. The quantitative estimate of drug-likeness (QED) is 0.880. The first-order chi connectivity index (χ1) is 13.2. The highest BCUT2D eigenvalue weighted by atomic mass is 16.5. The monoisotopic (exact) mass is 367 g/mol. The average Bonchev–Trinajstić information content (AvgIpc) is 3.11. The molecule has 1 aromatic heterocycles. The van der Waals surface area contributed by atoms with E-state index in [1.165, 1.54) is 24.8 Å². The van der Waals surface area contributed by atoms with Crippen molar-refractivity contribution in [2.45, 2.75) is 32.4 Å². The molecule has 2 aliphatic heterocycles. The number of hydrogen-bond donors (Lipinski definition) is 1. The zero-order valence-corrected chi connectivity index (χ0v) is 16.1. The number of ether oxygens (including phenoxy) is 1. The molecule has 2 saturated heterocycles. The normalized spacial score (nSPS) is 23.1. The molecule has 5 nitrogen and oxygen atoms in total. The van der Waals surface area contributed by atoms with Gasteiger partial charge in [-0.2, -0.15) is 0 Å². The molecular formula is C22H29N3O2. The Balaban J connectivity index is 1.43. The Labute approximate surface area is 161 Å². The van der Waals surface area contributed by atoms with Crippen molar-refractivity contribution >= 4 is 5.82 Å². The molecular weight excluding hydrogens is 338 g/mol. The molecule has 0 unspecified atom stereocenters. The van der Waals surface area contributed by atoms with Crippen molar-refractivity contribution in [3.63, 3.8) is 0 Å². The van der Waals surface area contributed by atoms with E-state index in [1.54, 1.807) is 7.11 Å². The van der Waals surface area contributed by atoms with E-state index in [4.69, 9.17) is 4.74 Å². The third-order valence-corrected chi connectivity index (χ3v) is 6.04. The van der Waals surface area contributed by atoms with E-state index < -0.39 is 0 Å². The van der Waals surface area contributed by atoms with Crippen LogP contribution in [0.25, 0.3) is 0 Å². The van der Waals surface area contributed by atoms with Crippen LogP contribution in [0.5, 0.6) is 5.75 Å². The van der Waals surface area contributed by atoms with Gasteiger partial charge in [-0.1, -0.05) is 12.1 Å². The van der Waals surface area contributed by atoms with Crippen LogP contribution in [0.2, 0.25) is 0 Å². The first-order valence-corrected chi connectivity index (χ1v) is 9.86. The van der Waals surface area contributed by atoms with Crippen LogP contribution in [-0.4, -0.2) is 48.3 Å². The minimum atomic E-state index is 0.0722. The van der Waals surface area contributed by atoms with Crippen molar-refractivity contribution in [3.8, 4) is 5.75 Å². The number of aliphatic hydroxyl groups excluding tert-OH is 1. The Hall–Kier alpha value is -2.11. The highest BCUT2D eigenvalue weighted by Crippen LogP contribution is 2.40. The third kappa shape index (κ3) is 4.09. The van der Waals surface area contributed by atoms with Crippen molar-refractivity contribution in [3.05, 3.63) is 53.7 Å². The summed E-state index contributed by atoms with van der Waals surface area (Å²) < 4.78 is 5.37. The largest absolute Gasteiger partial charge is 0.497 e. The smallest absolute Gasteiger partial charge is 0.128 e. The van der Waals surface area contributed by atoms with Gasteiger partial charge in [0.1, 0.15) is 11.6 Å². The summed E-state index contributed by atoms with van der Waals surface area (Å²) in [6, 6.07) is 12.3. The SMILES string of the molecule is COc1cccc(CN2CCC[C@]3(CCN(c4cc(CO)ccn4)C3)C2)c1. The van der Waals surface area contributed by atoms with Crippen LogP contribution in [0, 0.1) is 5.41 Å². The molecule has 1 spiro atoms. The number of hydrogen-bond acceptors (Lipinski definition) is 5. The summed E-state index contributed by atoms with van der Waals surface area (Å²) in [6.07, 6.45) is 5.56. The second-order valence-corrected chi connectivity index (χ2v) is 8.02. The molecule has 3 heterocycles. The van der Waals surface area contributed by atoms with Gasteiger partial charge in [-0.3, -0.25) is 4.90 Å². The predicted octanol–water partition coefficient (Wildman–Crippen LogP) is 3.08. The molecule has 2 fully saturated rings. The number of rotatable bonds is 5. The van der Waals surface area contributed by atoms with E-state index in [-0.39, 0.29) is 6.61 Å². The van der Waals surface area contributed by atoms with E-state index in [0.29, 0.717) is 5.41 Å². The summed E-state index contributed by atoms with van der Waals surface area (Å²) in [5, 5.41) is 9.40. The zero-order valence-electron chi connectivity index (χ0n) is 16.1. The number of aliphatic hydroxyl groups is 1. The van der Waals surface area contributed by atoms with Gasteiger partial charge < -0.3 is 14.7 Å². The lowest BCUT2D eigenvalue weighted by molar-refractivity contribution is 0.0991. The van der Waals surface area contributed by atoms with Gasteiger partial charge in [0.15, 0.2) is 0 Å². The fourth-order valence-corrected chi connectivity index (χ4v) is 4.67. The van der Waals surface area contributed by atoms with E-state index in [9.17, 15) is 5.11 Å². The second-order valence-electron chi connectivity index (χ2n) is 8.02. The van der Waals surface area contributed by atoms with Crippen molar-refractivity contribution < 1.29 is 9.84 Å². The number of benzene rings is 1. The average molecular weight is 367 g/mol. The minimum absolute atomic E-state index is 0.0722. The van der Waals surface area contributed by atoms with Gasteiger partial charge in [-0.15, -0.1) is 0 Å². The van der Waals surface area contributed by atoms with E-state index in [1.807, 2.05) is 24.4 Å². The van der Waals surface area contributed by atoms with Gasteiger partial charge in [0.05, 0.1) is 13.7 Å². The lowest BCUT2D eigenvalue weighted by atomic mass is 9.79.